The molecule has 1 aliphatic rings. The van der Waals surface area contributed by atoms with Gasteiger partial charge in [-0.05, 0) is 76.7 Å². The first-order valence-electron chi connectivity index (χ1n) is 11.3. The Morgan fingerprint density at radius 2 is 1.74 bits per heavy atom. The Morgan fingerprint density at radius 1 is 1.14 bits per heavy atom. The van der Waals surface area contributed by atoms with Crippen LogP contribution in [0.25, 0.3) is 12.2 Å². The molecule has 0 aliphatic carbocycles. The van der Waals surface area contributed by atoms with Crippen LogP contribution in [0.5, 0.6) is 0 Å². The molecule has 1 aromatic heterocycles. The van der Waals surface area contributed by atoms with Crippen LogP contribution in [-0.2, 0) is 31.6 Å². The van der Waals surface area contributed by atoms with Gasteiger partial charge in [0.1, 0.15) is 21.4 Å². The first-order valence-corrected chi connectivity index (χ1v) is 12.7. The van der Waals surface area contributed by atoms with Gasteiger partial charge in [0.25, 0.3) is 0 Å². The maximum atomic E-state index is 12.1. The van der Waals surface area contributed by atoms with Crippen molar-refractivity contribution in [3.05, 3.63) is 53.2 Å². The molecule has 3 rings (SSSR count). The monoisotopic (exact) mass is 507 g/mol. The Balaban J connectivity index is 0.00000432. The molecule has 0 amide bonds. The number of aromatic nitrogens is 1. The average Bonchev–Trinajstić information content (AvgIpc) is 2.94. The molecule has 0 unspecified atom stereocenters. The first-order chi connectivity index (χ1) is 15.7. The number of rotatable bonds is 7. The Kier molecular flexibility index (Phi) is 9.28. The zero-order chi connectivity index (χ0) is 25.3. The van der Waals surface area contributed by atoms with E-state index in [-0.39, 0.29) is 45.8 Å². The van der Waals surface area contributed by atoms with Crippen molar-refractivity contribution in [2.45, 2.75) is 76.8 Å². The summed E-state index contributed by atoms with van der Waals surface area (Å²) in [7, 11) is -4.47. The molecule has 9 heteroatoms. The van der Waals surface area contributed by atoms with E-state index in [0.29, 0.717) is 19.4 Å². The number of benzene rings is 1. The van der Waals surface area contributed by atoms with Gasteiger partial charge in [-0.15, -0.1) is 0 Å². The number of aryl methyl sites for hydroxylation is 1. The number of fused-ring (bicyclic) bond motifs is 1. The van der Waals surface area contributed by atoms with Crippen LogP contribution < -0.4 is 34.1 Å². The van der Waals surface area contributed by atoms with Gasteiger partial charge in [0, 0.05) is 12.0 Å². The topological polar surface area (TPSA) is 99.7 Å². The van der Waals surface area contributed by atoms with Crippen molar-refractivity contribution in [2.75, 3.05) is 0 Å². The molecule has 182 valence electrons. The molecule has 2 heterocycles. The minimum absolute atomic E-state index is 0. The van der Waals surface area contributed by atoms with Crippen LogP contribution in [0.1, 0.15) is 71.1 Å². The second kappa shape index (κ2) is 11.0. The summed E-state index contributed by atoms with van der Waals surface area (Å²) in [4.78, 5) is 16.7. The summed E-state index contributed by atoms with van der Waals surface area (Å²) in [5.41, 5.74) is 3.15. The van der Waals surface area contributed by atoms with E-state index in [0.717, 1.165) is 28.2 Å². The average molecular weight is 508 g/mol. The van der Waals surface area contributed by atoms with Crippen LogP contribution in [0.2, 0.25) is 0 Å². The normalized spacial score (nSPS) is 14.9. The number of carbonyl (C=O) groups is 1. The fourth-order valence-electron chi connectivity index (χ4n) is 3.73. The Morgan fingerprint density at radius 3 is 2.31 bits per heavy atom. The van der Waals surface area contributed by atoms with Gasteiger partial charge in [-0.1, -0.05) is 24.3 Å². The molecule has 35 heavy (non-hydrogen) atoms. The van der Waals surface area contributed by atoms with E-state index in [2.05, 4.69) is 24.5 Å². The molecule has 7 nitrogen and oxygen atoms in total. The summed E-state index contributed by atoms with van der Waals surface area (Å²) in [5, 5.41) is 0. The second-order valence-corrected chi connectivity index (χ2v) is 11.5. The van der Waals surface area contributed by atoms with Crippen molar-refractivity contribution in [3.8, 4) is 0 Å². The zero-order valence-electron chi connectivity index (χ0n) is 21.6. The molecule has 0 saturated heterocycles. The van der Waals surface area contributed by atoms with Crippen molar-refractivity contribution in [2.24, 2.45) is 4.99 Å². The van der Waals surface area contributed by atoms with Crippen LogP contribution in [0.15, 0.2) is 46.4 Å². The third-order valence-electron chi connectivity index (χ3n) is 5.82. The molecule has 0 radical (unpaired) electrons. The molecular formula is C26H32N2NaO5S+. The number of hydrogen-bond acceptors (Lipinski definition) is 6. The fourth-order valence-corrected chi connectivity index (χ4v) is 4.20. The third-order valence-corrected chi connectivity index (χ3v) is 6.67. The number of carbonyl (C=O) groups excluding carboxylic acids is 1. The van der Waals surface area contributed by atoms with Crippen LogP contribution in [-0.4, -0.2) is 30.3 Å². The number of aliphatic imine (C=N–C) groups is 1. The quantitative estimate of drug-likeness (QED) is 0.245. The molecule has 0 N–H and O–H groups in total. The number of nitrogens with zero attached hydrogens (tertiary/aromatic N) is 2. The summed E-state index contributed by atoms with van der Waals surface area (Å²) in [6, 6.07) is 7.91. The van der Waals surface area contributed by atoms with E-state index in [1.807, 2.05) is 46.0 Å². The number of esters is 1. The van der Waals surface area contributed by atoms with E-state index < -0.39 is 15.7 Å². The number of pyridine rings is 1. The van der Waals surface area contributed by atoms with Crippen LogP contribution in [0, 0.1) is 0 Å². The standard InChI is InChI=1S/C26H32N2O5S.Na/c1-18-26(5,6)22-16-20(10-9-19-11-13-21(14-12-19)34(30,31)32)17-28(24(22)27-18)15-7-8-23(29)33-25(2,3)4;/h9-14,16-17H,7-8,15H2,1-6H3;/q;+1/b10-9+;. The maximum absolute atomic E-state index is 12.1. The second-order valence-electron chi connectivity index (χ2n) is 10.1. The van der Waals surface area contributed by atoms with Crippen molar-refractivity contribution in [1.29, 1.82) is 0 Å². The smallest absolute Gasteiger partial charge is 0.744 e. The minimum atomic E-state index is -4.47. The van der Waals surface area contributed by atoms with E-state index in [4.69, 9.17) is 9.73 Å². The summed E-state index contributed by atoms with van der Waals surface area (Å²) in [6.07, 6.45) is 6.75. The predicted molar refractivity (Wildman–Crippen MR) is 131 cm³/mol. The summed E-state index contributed by atoms with van der Waals surface area (Å²) in [5.74, 6) is 0.679. The molecular weight excluding hydrogens is 475 g/mol. The molecule has 0 atom stereocenters. The van der Waals surface area contributed by atoms with Crippen molar-refractivity contribution >= 4 is 39.8 Å². The van der Waals surface area contributed by atoms with E-state index in [1.165, 1.54) is 12.1 Å². The van der Waals surface area contributed by atoms with Crippen molar-refractivity contribution < 1.29 is 56.6 Å². The van der Waals surface area contributed by atoms with E-state index in [9.17, 15) is 17.8 Å². The van der Waals surface area contributed by atoms with E-state index in [1.54, 1.807) is 12.1 Å². The molecule has 0 fully saturated rings. The van der Waals surface area contributed by atoms with Crippen molar-refractivity contribution in [3.63, 3.8) is 0 Å². The van der Waals surface area contributed by atoms with Gasteiger partial charge in [0.05, 0.1) is 28.6 Å². The van der Waals surface area contributed by atoms with Gasteiger partial charge in [0.15, 0.2) is 0 Å². The summed E-state index contributed by atoms with van der Waals surface area (Å²) < 4.78 is 40.9. The van der Waals surface area contributed by atoms with Gasteiger partial charge >= 0.3 is 41.3 Å². The van der Waals surface area contributed by atoms with Gasteiger partial charge in [-0.3, -0.25) is 4.79 Å². The van der Waals surface area contributed by atoms with Gasteiger partial charge in [-0.2, -0.15) is 0 Å². The molecule has 2 aromatic rings. The Labute approximate surface area is 230 Å². The molecule has 1 aromatic carbocycles. The van der Waals surface area contributed by atoms with Gasteiger partial charge in [0.2, 0.25) is 0 Å². The van der Waals surface area contributed by atoms with Crippen molar-refractivity contribution in [1.82, 2.24) is 0 Å². The third kappa shape index (κ3) is 7.57. The van der Waals surface area contributed by atoms with Crippen LogP contribution in [0.3, 0.4) is 0 Å². The van der Waals surface area contributed by atoms with E-state index >= 15 is 0 Å². The van der Waals surface area contributed by atoms with Gasteiger partial charge in [-0.25, -0.2) is 13.0 Å². The minimum Gasteiger partial charge on any atom is -0.744 e. The SMILES string of the molecule is CC1=Nc2c(cc(/C=C/c3ccc(S(=O)(=O)[O-])cc3)c[n+]2CCCC(=O)OC(C)(C)C)C1(C)C.[Na+]. The van der Waals surface area contributed by atoms with Gasteiger partial charge < -0.3 is 9.29 Å². The fraction of sp³-hybridized carbons (Fsp3) is 0.423. The first kappa shape index (κ1) is 29.4. The number of ether oxygens (including phenoxy) is 1. The molecule has 0 spiro atoms. The Hall–Kier alpha value is -1.84. The summed E-state index contributed by atoms with van der Waals surface area (Å²) >= 11 is 0. The summed E-state index contributed by atoms with van der Waals surface area (Å²) in [6.45, 7) is 12.5. The number of hydrogen-bond donors (Lipinski definition) is 0. The zero-order valence-corrected chi connectivity index (χ0v) is 24.4. The van der Waals surface area contributed by atoms with Crippen LogP contribution >= 0.6 is 0 Å². The largest absolute Gasteiger partial charge is 1.00 e. The molecule has 0 bridgehead atoms. The van der Waals surface area contributed by atoms with Crippen LogP contribution in [0.4, 0.5) is 5.82 Å². The predicted octanol–water partition coefficient (Wildman–Crippen LogP) is 1.56. The Bertz CT molecular complexity index is 1260. The maximum Gasteiger partial charge on any atom is 1.00 e. The molecule has 0 saturated carbocycles. The molecule has 1 aliphatic heterocycles.